The smallest absolute Gasteiger partial charge is 0.234 e. The number of amides is 1. The molecule has 148 valence electrons. The molecular weight excluding hydrogens is 312 g/mol. The van der Waals surface area contributed by atoms with E-state index in [2.05, 4.69) is 24.7 Å². The Morgan fingerprint density at radius 2 is 1.32 bits per heavy atom. The van der Waals surface area contributed by atoms with Crippen molar-refractivity contribution < 1.29 is 9.53 Å². The van der Waals surface area contributed by atoms with E-state index in [4.69, 9.17) is 4.74 Å². The van der Waals surface area contributed by atoms with E-state index in [1.165, 1.54) is 70.6 Å². The molecule has 0 radical (unpaired) electrons. The number of hydrazine groups is 1. The lowest BCUT2D eigenvalue weighted by atomic mass is 10.0. The Morgan fingerprint density at radius 3 is 1.92 bits per heavy atom. The standard InChI is InChI=1S/C21H42N2O2/c1-3-5-6-7-9-12-15-19-20(25-19)16-13-10-8-11-14-17-21(24)23-22-18-4-2/h19-20,22H,3-18H2,1-2H3,(H,23,24). The molecule has 1 heterocycles. The summed E-state index contributed by atoms with van der Waals surface area (Å²) in [6.45, 7) is 5.20. The summed E-state index contributed by atoms with van der Waals surface area (Å²) in [4.78, 5) is 11.5. The summed E-state index contributed by atoms with van der Waals surface area (Å²) in [5.41, 5.74) is 5.67. The van der Waals surface area contributed by atoms with Gasteiger partial charge in [-0.15, -0.1) is 0 Å². The van der Waals surface area contributed by atoms with E-state index in [9.17, 15) is 4.79 Å². The summed E-state index contributed by atoms with van der Waals surface area (Å²) in [6, 6.07) is 0. The first-order valence-corrected chi connectivity index (χ1v) is 10.9. The van der Waals surface area contributed by atoms with Gasteiger partial charge in [-0.3, -0.25) is 10.2 Å². The van der Waals surface area contributed by atoms with Crippen molar-refractivity contribution in [3.05, 3.63) is 0 Å². The van der Waals surface area contributed by atoms with Crippen LogP contribution in [-0.4, -0.2) is 24.7 Å². The second-order valence-corrected chi connectivity index (χ2v) is 7.55. The summed E-state index contributed by atoms with van der Waals surface area (Å²) in [6.07, 6.45) is 19.5. The molecule has 4 nitrogen and oxygen atoms in total. The number of carbonyl (C=O) groups is 1. The highest BCUT2D eigenvalue weighted by atomic mass is 16.6. The highest BCUT2D eigenvalue weighted by molar-refractivity contribution is 5.75. The first kappa shape index (κ1) is 22.4. The molecule has 0 spiro atoms. The van der Waals surface area contributed by atoms with Gasteiger partial charge in [0, 0.05) is 13.0 Å². The van der Waals surface area contributed by atoms with Gasteiger partial charge >= 0.3 is 0 Å². The molecule has 1 fully saturated rings. The zero-order valence-electron chi connectivity index (χ0n) is 16.8. The van der Waals surface area contributed by atoms with E-state index < -0.39 is 0 Å². The molecule has 0 aliphatic carbocycles. The average Bonchev–Trinajstić information content (AvgIpc) is 3.35. The lowest BCUT2D eigenvalue weighted by molar-refractivity contribution is -0.122. The minimum absolute atomic E-state index is 0.123. The molecule has 1 rings (SSSR count). The van der Waals surface area contributed by atoms with E-state index in [0.29, 0.717) is 18.6 Å². The van der Waals surface area contributed by atoms with Gasteiger partial charge in [-0.05, 0) is 25.7 Å². The number of carbonyl (C=O) groups excluding carboxylic acids is 1. The van der Waals surface area contributed by atoms with Crippen molar-refractivity contribution in [2.45, 2.75) is 122 Å². The van der Waals surface area contributed by atoms with Crippen LogP contribution in [0.2, 0.25) is 0 Å². The number of hydrogen-bond acceptors (Lipinski definition) is 3. The largest absolute Gasteiger partial charge is 0.370 e. The van der Waals surface area contributed by atoms with Gasteiger partial charge in [0.2, 0.25) is 5.91 Å². The Balaban J connectivity index is 1.77. The van der Waals surface area contributed by atoms with E-state index in [1.807, 2.05) is 0 Å². The normalized spacial score (nSPS) is 19.1. The van der Waals surface area contributed by atoms with E-state index in [1.54, 1.807) is 0 Å². The number of ether oxygens (including phenoxy) is 1. The molecule has 0 saturated carbocycles. The predicted molar refractivity (Wildman–Crippen MR) is 105 cm³/mol. The van der Waals surface area contributed by atoms with Crippen molar-refractivity contribution in [1.82, 2.24) is 10.9 Å². The monoisotopic (exact) mass is 354 g/mol. The van der Waals surface area contributed by atoms with Crippen molar-refractivity contribution in [2.24, 2.45) is 0 Å². The Kier molecular flexibility index (Phi) is 14.0. The van der Waals surface area contributed by atoms with Crippen molar-refractivity contribution >= 4 is 5.91 Å². The number of nitrogens with one attached hydrogen (secondary N) is 2. The first-order chi connectivity index (χ1) is 12.3. The van der Waals surface area contributed by atoms with Crippen LogP contribution in [0.3, 0.4) is 0 Å². The number of epoxide rings is 1. The lowest BCUT2D eigenvalue weighted by Crippen LogP contribution is -2.37. The minimum Gasteiger partial charge on any atom is -0.370 e. The van der Waals surface area contributed by atoms with Gasteiger partial charge < -0.3 is 4.74 Å². The molecule has 2 atom stereocenters. The van der Waals surface area contributed by atoms with Gasteiger partial charge in [0.1, 0.15) is 0 Å². The molecule has 4 heteroatoms. The predicted octanol–water partition coefficient (Wildman–Crippen LogP) is 5.27. The fraction of sp³-hybridized carbons (Fsp3) is 0.952. The van der Waals surface area contributed by atoms with Crippen LogP contribution in [0.1, 0.15) is 110 Å². The second kappa shape index (κ2) is 15.6. The van der Waals surface area contributed by atoms with Gasteiger partial charge in [0.15, 0.2) is 0 Å². The van der Waals surface area contributed by atoms with E-state index in [0.717, 1.165) is 25.8 Å². The minimum atomic E-state index is 0.123. The molecule has 0 aromatic rings. The van der Waals surface area contributed by atoms with Gasteiger partial charge in [0.05, 0.1) is 12.2 Å². The SMILES string of the molecule is CCCCCCCCC1OC1CCCCCCCC(=O)NNCCC. The van der Waals surface area contributed by atoms with Crippen LogP contribution in [0.4, 0.5) is 0 Å². The molecule has 1 aliphatic heterocycles. The zero-order chi connectivity index (χ0) is 18.2. The number of hydrogen-bond donors (Lipinski definition) is 2. The third kappa shape index (κ3) is 13.3. The Morgan fingerprint density at radius 1 is 0.760 bits per heavy atom. The van der Waals surface area contributed by atoms with Crippen molar-refractivity contribution in [2.75, 3.05) is 6.54 Å². The molecule has 1 aliphatic rings. The fourth-order valence-electron chi connectivity index (χ4n) is 3.32. The zero-order valence-corrected chi connectivity index (χ0v) is 16.8. The van der Waals surface area contributed by atoms with Crippen LogP contribution in [0.15, 0.2) is 0 Å². The quantitative estimate of drug-likeness (QED) is 0.200. The maximum Gasteiger partial charge on any atom is 0.234 e. The fourth-order valence-corrected chi connectivity index (χ4v) is 3.32. The van der Waals surface area contributed by atoms with Crippen LogP contribution in [0, 0.1) is 0 Å². The summed E-state index contributed by atoms with van der Waals surface area (Å²) in [5.74, 6) is 0.123. The number of unbranched alkanes of at least 4 members (excludes halogenated alkanes) is 9. The maximum atomic E-state index is 11.5. The van der Waals surface area contributed by atoms with Gasteiger partial charge in [0.25, 0.3) is 0 Å². The van der Waals surface area contributed by atoms with Crippen LogP contribution >= 0.6 is 0 Å². The van der Waals surface area contributed by atoms with E-state index >= 15 is 0 Å². The van der Waals surface area contributed by atoms with Gasteiger partial charge in [-0.1, -0.05) is 78.1 Å². The highest BCUT2D eigenvalue weighted by Crippen LogP contribution is 2.31. The summed E-state index contributed by atoms with van der Waals surface area (Å²) in [7, 11) is 0. The molecule has 2 N–H and O–H groups in total. The highest BCUT2D eigenvalue weighted by Gasteiger charge is 2.36. The molecule has 0 aromatic heterocycles. The second-order valence-electron chi connectivity index (χ2n) is 7.55. The van der Waals surface area contributed by atoms with Crippen LogP contribution < -0.4 is 10.9 Å². The van der Waals surface area contributed by atoms with Crippen LogP contribution in [0.5, 0.6) is 0 Å². The first-order valence-electron chi connectivity index (χ1n) is 10.9. The lowest BCUT2D eigenvalue weighted by Gasteiger charge is -2.05. The van der Waals surface area contributed by atoms with E-state index in [-0.39, 0.29) is 5.91 Å². The van der Waals surface area contributed by atoms with Crippen molar-refractivity contribution in [1.29, 1.82) is 0 Å². The topological polar surface area (TPSA) is 53.7 Å². The Bertz CT molecular complexity index is 323. The van der Waals surface area contributed by atoms with Crippen LogP contribution in [-0.2, 0) is 9.53 Å². The molecule has 1 amide bonds. The average molecular weight is 355 g/mol. The summed E-state index contributed by atoms with van der Waals surface area (Å²) >= 11 is 0. The van der Waals surface area contributed by atoms with Crippen LogP contribution in [0.25, 0.3) is 0 Å². The molecule has 0 bridgehead atoms. The molecule has 1 saturated heterocycles. The number of rotatable bonds is 18. The molecule has 0 aromatic carbocycles. The Hall–Kier alpha value is -0.610. The van der Waals surface area contributed by atoms with Crippen molar-refractivity contribution in [3.8, 4) is 0 Å². The third-order valence-corrected chi connectivity index (χ3v) is 5.03. The Labute approximate surface area is 155 Å². The third-order valence-electron chi connectivity index (χ3n) is 5.03. The molecule has 2 unspecified atom stereocenters. The summed E-state index contributed by atoms with van der Waals surface area (Å²) < 4.78 is 5.79. The van der Waals surface area contributed by atoms with Crippen molar-refractivity contribution in [3.63, 3.8) is 0 Å². The van der Waals surface area contributed by atoms with Gasteiger partial charge in [-0.2, -0.15) is 0 Å². The maximum absolute atomic E-state index is 11.5. The summed E-state index contributed by atoms with van der Waals surface area (Å²) in [5, 5.41) is 0. The molecule has 25 heavy (non-hydrogen) atoms. The molecular formula is C21H42N2O2. The van der Waals surface area contributed by atoms with Gasteiger partial charge in [-0.25, -0.2) is 5.43 Å².